The maximum atomic E-state index is 6.27. The van der Waals surface area contributed by atoms with Gasteiger partial charge in [0.15, 0.2) is 0 Å². The summed E-state index contributed by atoms with van der Waals surface area (Å²) in [6.07, 6.45) is 6.67. The van der Waals surface area contributed by atoms with Crippen LogP contribution in [0.4, 0.5) is 0 Å². The summed E-state index contributed by atoms with van der Waals surface area (Å²) in [5.74, 6) is 3.78. The Morgan fingerprint density at radius 2 is 1.95 bits per heavy atom. The van der Waals surface area contributed by atoms with Crippen molar-refractivity contribution in [2.75, 3.05) is 6.61 Å². The Bertz CT molecular complexity index is 504. The lowest BCUT2D eigenvalue weighted by atomic mass is 10.0. The van der Waals surface area contributed by atoms with Gasteiger partial charge in [0.1, 0.15) is 5.75 Å². The predicted octanol–water partition coefficient (Wildman–Crippen LogP) is 5.15. The van der Waals surface area contributed by atoms with Gasteiger partial charge in [0, 0.05) is 21.8 Å². The first kappa shape index (κ1) is 12.5. The van der Waals surface area contributed by atoms with Gasteiger partial charge in [-0.25, -0.2) is 0 Å². The topological polar surface area (TPSA) is 9.23 Å². The molecule has 3 heteroatoms. The lowest BCUT2D eigenvalue weighted by Gasteiger charge is -2.15. The summed E-state index contributed by atoms with van der Waals surface area (Å²) in [6, 6.07) is 4.17. The number of ether oxygens (including phenoxy) is 1. The number of alkyl halides is 1. The van der Waals surface area contributed by atoms with E-state index >= 15 is 0 Å². The van der Waals surface area contributed by atoms with Gasteiger partial charge in [-0.15, -0.1) is 0 Å². The Labute approximate surface area is 127 Å². The van der Waals surface area contributed by atoms with Crippen LogP contribution >= 0.6 is 27.5 Å². The molecule has 1 aromatic rings. The van der Waals surface area contributed by atoms with Gasteiger partial charge in [0.25, 0.3) is 0 Å². The Balaban J connectivity index is 1.66. The lowest BCUT2D eigenvalue weighted by molar-refractivity contribution is 0.352. The van der Waals surface area contributed by atoms with E-state index in [0.29, 0.717) is 4.83 Å². The first-order valence-electron chi connectivity index (χ1n) is 7.35. The summed E-state index contributed by atoms with van der Waals surface area (Å²) < 4.78 is 5.85. The van der Waals surface area contributed by atoms with E-state index in [2.05, 4.69) is 28.1 Å². The molecule has 0 radical (unpaired) electrons. The van der Waals surface area contributed by atoms with Crippen LogP contribution in [0, 0.1) is 17.8 Å². The summed E-state index contributed by atoms with van der Waals surface area (Å²) in [6.45, 7) is 0.805. The molecule has 0 spiro atoms. The minimum Gasteiger partial charge on any atom is -0.493 e. The smallest absolute Gasteiger partial charge is 0.127 e. The van der Waals surface area contributed by atoms with Crippen molar-refractivity contribution in [3.8, 4) is 5.75 Å². The maximum Gasteiger partial charge on any atom is 0.127 e. The highest BCUT2D eigenvalue weighted by atomic mass is 79.9. The molecule has 0 saturated heterocycles. The van der Waals surface area contributed by atoms with Gasteiger partial charge in [0.05, 0.1) is 6.61 Å². The van der Waals surface area contributed by atoms with Crippen molar-refractivity contribution in [1.82, 2.24) is 0 Å². The fourth-order valence-corrected chi connectivity index (χ4v) is 5.57. The lowest BCUT2D eigenvalue weighted by Crippen LogP contribution is -1.99. The van der Waals surface area contributed by atoms with Crippen molar-refractivity contribution in [1.29, 1.82) is 0 Å². The molecule has 0 aromatic heterocycles. The molecule has 1 aliphatic heterocycles. The summed E-state index contributed by atoms with van der Waals surface area (Å²) in [7, 11) is 0. The van der Waals surface area contributed by atoms with Crippen LogP contribution in [0.5, 0.6) is 5.75 Å². The van der Waals surface area contributed by atoms with Crippen molar-refractivity contribution < 1.29 is 4.74 Å². The van der Waals surface area contributed by atoms with Gasteiger partial charge in [-0.05, 0) is 48.3 Å². The molecule has 0 amide bonds. The molecule has 19 heavy (non-hydrogen) atoms. The molecule has 1 aromatic carbocycles. The third-order valence-electron chi connectivity index (χ3n) is 5.13. The summed E-state index contributed by atoms with van der Waals surface area (Å²) >= 11 is 10.2. The second-order valence-electron chi connectivity index (χ2n) is 6.17. The predicted molar refractivity (Wildman–Crippen MR) is 81.3 cm³/mol. The van der Waals surface area contributed by atoms with E-state index in [0.717, 1.165) is 41.6 Å². The normalized spacial score (nSPS) is 33.3. The average molecular weight is 342 g/mol. The quantitative estimate of drug-likeness (QED) is 0.676. The van der Waals surface area contributed by atoms with Crippen molar-refractivity contribution in [2.24, 2.45) is 17.8 Å². The highest BCUT2D eigenvalue weighted by Crippen LogP contribution is 2.63. The van der Waals surface area contributed by atoms with Crippen LogP contribution in [0.15, 0.2) is 12.1 Å². The standard InChI is InChI=1S/C16H18BrClO/c17-15(14-11-3-1-2-4-12(11)14)13-8-10(18)7-9-5-6-19-16(9)13/h7-8,11-12,14-15H,1-6H2. The van der Waals surface area contributed by atoms with E-state index in [1.807, 2.05) is 0 Å². The summed E-state index contributed by atoms with van der Waals surface area (Å²) in [5.41, 5.74) is 2.58. The molecule has 2 saturated carbocycles. The second-order valence-corrected chi connectivity index (χ2v) is 7.60. The van der Waals surface area contributed by atoms with Gasteiger partial charge in [0.2, 0.25) is 0 Å². The molecule has 4 rings (SSSR count). The Hall–Kier alpha value is -0.210. The van der Waals surface area contributed by atoms with Gasteiger partial charge < -0.3 is 4.74 Å². The van der Waals surface area contributed by atoms with Crippen LogP contribution in [0.25, 0.3) is 0 Å². The van der Waals surface area contributed by atoms with Gasteiger partial charge in [-0.1, -0.05) is 40.4 Å². The summed E-state index contributed by atoms with van der Waals surface area (Å²) in [4.78, 5) is 0.422. The van der Waals surface area contributed by atoms with Crippen molar-refractivity contribution >= 4 is 27.5 Å². The zero-order chi connectivity index (χ0) is 13.0. The first-order valence-corrected chi connectivity index (χ1v) is 8.64. The Morgan fingerprint density at radius 1 is 1.21 bits per heavy atom. The molecule has 3 aliphatic rings. The third kappa shape index (κ3) is 2.03. The zero-order valence-electron chi connectivity index (χ0n) is 10.9. The van der Waals surface area contributed by atoms with E-state index in [4.69, 9.17) is 16.3 Å². The Morgan fingerprint density at radius 3 is 2.68 bits per heavy atom. The molecule has 1 heterocycles. The fraction of sp³-hybridized carbons (Fsp3) is 0.625. The molecule has 0 bridgehead atoms. The van der Waals surface area contributed by atoms with E-state index in [-0.39, 0.29) is 0 Å². The monoisotopic (exact) mass is 340 g/mol. The van der Waals surface area contributed by atoms with Crippen molar-refractivity contribution in [2.45, 2.75) is 36.9 Å². The van der Waals surface area contributed by atoms with Gasteiger partial charge in [-0.3, -0.25) is 0 Å². The van der Waals surface area contributed by atoms with Gasteiger partial charge >= 0.3 is 0 Å². The number of benzene rings is 1. The largest absolute Gasteiger partial charge is 0.493 e. The number of hydrogen-bond donors (Lipinski definition) is 0. The first-order chi connectivity index (χ1) is 9.25. The van der Waals surface area contributed by atoms with E-state index in [1.54, 1.807) is 0 Å². The summed E-state index contributed by atoms with van der Waals surface area (Å²) in [5, 5.41) is 0.854. The number of hydrogen-bond acceptors (Lipinski definition) is 1. The van der Waals surface area contributed by atoms with E-state index < -0.39 is 0 Å². The van der Waals surface area contributed by atoms with Crippen molar-refractivity contribution in [3.05, 3.63) is 28.3 Å². The minimum atomic E-state index is 0.422. The molecule has 2 aliphatic carbocycles. The molecule has 0 N–H and O–H groups in total. The number of rotatable bonds is 2. The second kappa shape index (κ2) is 4.66. The van der Waals surface area contributed by atoms with Crippen LogP contribution in [-0.2, 0) is 6.42 Å². The van der Waals surface area contributed by atoms with E-state index in [1.165, 1.54) is 36.8 Å². The van der Waals surface area contributed by atoms with Crippen molar-refractivity contribution in [3.63, 3.8) is 0 Å². The minimum absolute atomic E-state index is 0.422. The zero-order valence-corrected chi connectivity index (χ0v) is 13.2. The molecule has 102 valence electrons. The highest BCUT2D eigenvalue weighted by Gasteiger charge is 2.54. The third-order valence-corrected chi connectivity index (χ3v) is 6.46. The molecule has 1 nitrogen and oxygen atoms in total. The van der Waals surface area contributed by atoms with Crippen LogP contribution in [0.2, 0.25) is 5.02 Å². The molecule has 3 atom stereocenters. The molecule has 2 fully saturated rings. The van der Waals surface area contributed by atoms with Gasteiger partial charge in [-0.2, -0.15) is 0 Å². The highest BCUT2D eigenvalue weighted by molar-refractivity contribution is 9.09. The molecular formula is C16H18BrClO. The average Bonchev–Trinajstić information content (AvgIpc) is 2.96. The van der Waals surface area contributed by atoms with Crippen LogP contribution in [0.3, 0.4) is 0 Å². The SMILES string of the molecule is Clc1cc2c(c(C(Br)C3C4CCCCC43)c1)OCC2. The molecular weight excluding hydrogens is 324 g/mol. The molecule has 3 unspecified atom stereocenters. The van der Waals surface area contributed by atoms with E-state index in [9.17, 15) is 0 Å². The number of halogens is 2. The maximum absolute atomic E-state index is 6.27. The van der Waals surface area contributed by atoms with Crippen LogP contribution in [-0.4, -0.2) is 6.61 Å². The van der Waals surface area contributed by atoms with Crippen LogP contribution in [0.1, 0.15) is 41.6 Å². The number of fused-ring (bicyclic) bond motifs is 2. The van der Waals surface area contributed by atoms with Crippen LogP contribution < -0.4 is 4.74 Å². The Kier molecular flexibility index (Phi) is 3.07. The fourth-order valence-electron chi connectivity index (χ4n) is 4.19.